The molecule has 146 valence electrons. The third-order valence-electron chi connectivity index (χ3n) is 4.30. The molecule has 0 radical (unpaired) electrons. The number of nitro benzene ring substituents is 1. The number of carbonyl (C=O) groups excluding carboxylic acids is 2. The van der Waals surface area contributed by atoms with Gasteiger partial charge in [-0.05, 0) is 37.1 Å². The first-order chi connectivity index (χ1) is 13.4. The molecule has 1 saturated heterocycles. The molecule has 1 aliphatic heterocycles. The molecule has 0 aromatic heterocycles. The molecule has 0 aliphatic carbocycles. The number of anilines is 2. The van der Waals surface area contributed by atoms with Crippen molar-refractivity contribution < 1.29 is 19.2 Å². The van der Waals surface area contributed by atoms with E-state index >= 15 is 0 Å². The number of halogens is 1. The number of hydrogen-bond acceptors (Lipinski definition) is 6. The van der Waals surface area contributed by atoms with Gasteiger partial charge in [-0.25, -0.2) is 4.79 Å². The summed E-state index contributed by atoms with van der Waals surface area (Å²) in [5, 5.41) is 14.1. The standard InChI is InChI=1S/C19H18ClN3O5/c20-13-4-3-5-14(10-13)21-18(24)12-28-19(25)16-11-15(23(26)27)6-7-17(16)22-8-1-2-9-22/h3-7,10-11H,1-2,8-9,12H2,(H,21,24). The van der Waals surface area contributed by atoms with Gasteiger partial charge in [0.2, 0.25) is 0 Å². The molecule has 0 bridgehead atoms. The van der Waals surface area contributed by atoms with Gasteiger partial charge < -0.3 is 15.0 Å². The zero-order valence-corrected chi connectivity index (χ0v) is 15.6. The number of non-ortho nitro benzene ring substituents is 1. The zero-order chi connectivity index (χ0) is 20.1. The lowest BCUT2D eigenvalue weighted by Crippen LogP contribution is -2.24. The van der Waals surface area contributed by atoms with Crippen LogP contribution in [-0.2, 0) is 9.53 Å². The van der Waals surface area contributed by atoms with Crippen molar-refractivity contribution in [3.05, 3.63) is 63.2 Å². The summed E-state index contributed by atoms with van der Waals surface area (Å²) in [7, 11) is 0. The smallest absolute Gasteiger partial charge is 0.341 e. The van der Waals surface area contributed by atoms with E-state index in [1.165, 1.54) is 12.1 Å². The fourth-order valence-corrected chi connectivity index (χ4v) is 3.20. The molecule has 3 rings (SSSR count). The van der Waals surface area contributed by atoms with Crippen LogP contribution in [0.25, 0.3) is 0 Å². The van der Waals surface area contributed by atoms with Gasteiger partial charge in [-0.1, -0.05) is 17.7 Å². The molecule has 8 nitrogen and oxygen atoms in total. The van der Waals surface area contributed by atoms with E-state index in [0.29, 0.717) is 16.4 Å². The largest absolute Gasteiger partial charge is 0.452 e. The fourth-order valence-electron chi connectivity index (χ4n) is 3.01. The van der Waals surface area contributed by atoms with E-state index < -0.39 is 23.4 Å². The number of carbonyl (C=O) groups is 2. The van der Waals surface area contributed by atoms with E-state index in [1.54, 1.807) is 30.3 Å². The van der Waals surface area contributed by atoms with Gasteiger partial charge in [-0.15, -0.1) is 0 Å². The molecule has 1 N–H and O–H groups in total. The van der Waals surface area contributed by atoms with E-state index in [1.807, 2.05) is 4.90 Å². The van der Waals surface area contributed by atoms with E-state index in [9.17, 15) is 19.7 Å². The Labute approximate surface area is 166 Å². The summed E-state index contributed by atoms with van der Waals surface area (Å²) in [4.78, 5) is 37.0. The van der Waals surface area contributed by atoms with Gasteiger partial charge in [-0.3, -0.25) is 14.9 Å². The molecule has 1 aliphatic rings. The summed E-state index contributed by atoms with van der Waals surface area (Å²) in [5.74, 6) is -1.32. The summed E-state index contributed by atoms with van der Waals surface area (Å²) in [5.41, 5.74) is 0.912. The second-order valence-corrected chi connectivity index (χ2v) is 6.72. The Morgan fingerprint density at radius 3 is 2.61 bits per heavy atom. The molecule has 0 unspecified atom stereocenters. The maximum absolute atomic E-state index is 12.5. The summed E-state index contributed by atoms with van der Waals surface area (Å²) in [6.45, 7) is 0.994. The van der Waals surface area contributed by atoms with Crippen LogP contribution in [0.3, 0.4) is 0 Å². The fraction of sp³-hybridized carbons (Fsp3) is 0.263. The van der Waals surface area contributed by atoms with Crippen LogP contribution in [0.4, 0.5) is 17.1 Å². The van der Waals surface area contributed by atoms with Crippen LogP contribution in [0.15, 0.2) is 42.5 Å². The van der Waals surface area contributed by atoms with E-state index in [-0.39, 0.29) is 11.3 Å². The first-order valence-electron chi connectivity index (χ1n) is 8.70. The predicted octanol–water partition coefficient (Wildman–Crippen LogP) is 3.64. The number of hydrogen-bond donors (Lipinski definition) is 1. The van der Waals surface area contributed by atoms with Gasteiger partial charge in [-0.2, -0.15) is 0 Å². The quantitative estimate of drug-likeness (QED) is 0.448. The summed E-state index contributed by atoms with van der Waals surface area (Å²) in [6.07, 6.45) is 1.96. The highest BCUT2D eigenvalue weighted by Gasteiger charge is 2.24. The van der Waals surface area contributed by atoms with Gasteiger partial charge >= 0.3 is 5.97 Å². The Balaban J connectivity index is 1.71. The number of nitrogens with zero attached hydrogens (tertiary/aromatic N) is 2. The van der Waals surface area contributed by atoms with Gasteiger partial charge in [0.25, 0.3) is 11.6 Å². The van der Waals surface area contributed by atoms with Crippen LogP contribution >= 0.6 is 11.6 Å². The number of amides is 1. The van der Waals surface area contributed by atoms with Gasteiger partial charge in [0.05, 0.1) is 16.2 Å². The third-order valence-corrected chi connectivity index (χ3v) is 4.54. The highest BCUT2D eigenvalue weighted by Crippen LogP contribution is 2.29. The van der Waals surface area contributed by atoms with Crippen molar-refractivity contribution in [2.75, 3.05) is 29.9 Å². The molecule has 1 amide bonds. The molecule has 9 heteroatoms. The molecule has 1 heterocycles. The van der Waals surface area contributed by atoms with Crippen molar-refractivity contribution >= 4 is 40.5 Å². The van der Waals surface area contributed by atoms with Crippen molar-refractivity contribution in [1.82, 2.24) is 0 Å². The van der Waals surface area contributed by atoms with Gasteiger partial charge in [0.1, 0.15) is 0 Å². The highest BCUT2D eigenvalue weighted by atomic mass is 35.5. The molecule has 0 spiro atoms. The van der Waals surface area contributed by atoms with E-state index in [4.69, 9.17) is 16.3 Å². The van der Waals surface area contributed by atoms with Crippen LogP contribution < -0.4 is 10.2 Å². The Morgan fingerprint density at radius 2 is 1.93 bits per heavy atom. The number of ether oxygens (including phenoxy) is 1. The maximum Gasteiger partial charge on any atom is 0.341 e. The second-order valence-electron chi connectivity index (χ2n) is 6.29. The van der Waals surface area contributed by atoms with Crippen molar-refractivity contribution in [1.29, 1.82) is 0 Å². The average Bonchev–Trinajstić information content (AvgIpc) is 3.20. The van der Waals surface area contributed by atoms with Crippen molar-refractivity contribution in [2.45, 2.75) is 12.8 Å². The van der Waals surface area contributed by atoms with Crippen LogP contribution in [0.2, 0.25) is 5.02 Å². The van der Waals surface area contributed by atoms with Crippen molar-refractivity contribution in [3.8, 4) is 0 Å². The monoisotopic (exact) mass is 403 g/mol. The average molecular weight is 404 g/mol. The Morgan fingerprint density at radius 1 is 1.18 bits per heavy atom. The number of rotatable bonds is 6. The van der Waals surface area contributed by atoms with Gasteiger partial charge in [0, 0.05) is 35.9 Å². The van der Waals surface area contributed by atoms with Crippen molar-refractivity contribution in [2.24, 2.45) is 0 Å². The number of nitrogens with one attached hydrogen (secondary N) is 1. The minimum atomic E-state index is -0.785. The van der Waals surface area contributed by atoms with Crippen LogP contribution in [-0.4, -0.2) is 36.5 Å². The number of benzene rings is 2. The van der Waals surface area contributed by atoms with E-state index in [0.717, 1.165) is 25.9 Å². The molecule has 1 fully saturated rings. The van der Waals surface area contributed by atoms with Crippen LogP contribution in [0.1, 0.15) is 23.2 Å². The summed E-state index contributed by atoms with van der Waals surface area (Å²) >= 11 is 5.86. The summed E-state index contributed by atoms with van der Waals surface area (Å²) in [6, 6.07) is 10.6. The number of nitro groups is 1. The maximum atomic E-state index is 12.5. The lowest BCUT2D eigenvalue weighted by atomic mass is 10.1. The Kier molecular flexibility index (Phi) is 6.10. The Hall–Kier alpha value is -3.13. The molecule has 28 heavy (non-hydrogen) atoms. The lowest BCUT2D eigenvalue weighted by molar-refractivity contribution is -0.384. The van der Waals surface area contributed by atoms with Crippen LogP contribution in [0.5, 0.6) is 0 Å². The zero-order valence-electron chi connectivity index (χ0n) is 14.9. The molecule has 2 aromatic rings. The molecule has 0 atom stereocenters. The molecule has 2 aromatic carbocycles. The topological polar surface area (TPSA) is 102 Å². The molecular weight excluding hydrogens is 386 g/mol. The minimum absolute atomic E-state index is 0.0756. The van der Waals surface area contributed by atoms with Crippen molar-refractivity contribution in [3.63, 3.8) is 0 Å². The predicted molar refractivity (Wildman–Crippen MR) is 105 cm³/mol. The number of esters is 1. The normalized spacial score (nSPS) is 13.2. The SMILES string of the molecule is O=C(COC(=O)c1cc([N+](=O)[O-])ccc1N1CCCC1)Nc1cccc(Cl)c1. The molecular formula is C19H18ClN3O5. The van der Waals surface area contributed by atoms with Crippen LogP contribution in [0, 0.1) is 10.1 Å². The Bertz CT molecular complexity index is 912. The highest BCUT2D eigenvalue weighted by molar-refractivity contribution is 6.30. The molecule has 0 saturated carbocycles. The van der Waals surface area contributed by atoms with Gasteiger partial charge in [0.15, 0.2) is 6.61 Å². The third kappa shape index (κ3) is 4.77. The second kappa shape index (κ2) is 8.71. The minimum Gasteiger partial charge on any atom is -0.452 e. The lowest BCUT2D eigenvalue weighted by Gasteiger charge is -2.20. The first kappa shape index (κ1) is 19.6. The summed E-state index contributed by atoms with van der Waals surface area (Å²) < 4.78 is 5.09. The first-order valence-corrected chi connectivity index (χ1v) is 9.08. The van der Waals surface area contributed by atoms with E-state index in [2.05, 4.69) is 5.32 Å².